The fourth-order valence-corrected chi connectivity index (χ4v) is 2.35. The van der Waals surface area contributed by atoms with E-state index < -0.39 is 11.6 Å². The topological polar surface area (TPSA) is 79.2 Å². The number of carbonyl (C=O) groups excluding carboxylic acids is 2. The van der Waals surface area contributed by atoms with Crippen LogP contribution in [0.5, 0.6) is 0 Å². The van der Waals surface area contributed by atoms with E-state index in [1.54, 1.807) is 0 Å². The van der Waals surface area contributed by atoms with Gasteiger partial charge in [0.15, 0.2) is 0 Å². The molecule has 0 spiro atoms. The Balaban J connectivity index is 2.21. The van der Waals surface area contributed by atoms with E-state index in [0.717, 1.165) is 6.08 Å². The molecule has 2 rings (SSSR count). The summed E-state index contributed by atoms with van der Waals surface area (Å²) in [5.74, 6) is -0.852. The molecule has 3 atom stereocenters. The standard InChI is InChI=1S/C11H12N2O3/c1-2-9(14)13-8-4-3-7-5-11(8,6-12)16-10(7)15/h2,7-8H,1,3-5H2,(H,13,14). The van der Waals surface area contributed by atoms with Crippen LogP contribution in [0.4, 0.5) is 0 Å². The van der Waals surface area contributed by atoms with Crippen molar-refractivity contribution in [1.82, 2.24) is 5.32 Å². The molecule has 0 aromatic rings. The summed E-state index contributed by atoms with van der Waals surface area (Å²) in [6, 6.07) is 1.60. The number of hydrogen-bond acceptors (Lipinski definition) is 4. The zero-order chi connectivity index (χ0) is 11.8. The monoisotopic (exact) mass is 220 g/mol. The molecule has 2 aliphatic rings. The van der Waals surface area contributed by atoms with Gasteiger partial charge in [0.2, 0.25) is 11.5 Å². The van der Waals surface area contributed by atoms with Crippen molar-refractivity contribution in [3.63, 3.8) is 0 Å². The molecule has 1 saturated heterocycles. The average molecular weight is 220 g/mol. The van der Waals surface area contributed by atoms with Crippen LogP contribution in [0.3, 0.4) is 0 Å². The van der Waals surface area contributed by atoms with Crippen LogP contribution in [0.2, 0.25) is 0 Å². The summed E-state index contributed by atoms with van der Waals surface area (Å²) >= 11 is 0. The Morgan fingerprint density at radius 2 is 2.44 bits per heavy atom. The van der Waals surface area contributed by atoms with E-state index in [1.807, 2.05) is 6.07 Å². The first-order chi connectivity index (χ1) is 7.61. The highest BCUT2D eigenvalue weighted by Crippen LogP contribution is 2.42. The number of nitrogens with zero attached hydrogens (tertiary/aromatic N) is 1. The molecule has 1 aliphatic heterocycles. The van der Waals surface area contributed by atoms with E-state index in [2.05, 4.69) is 11.9 Å². The number of ether oxygens (including phenoxy) is 1. The highest BCUT2D eigenvalue weighted by molar-refractivity contribution is 5.87. The SMILES string of the molecule is C=CC(=O)NC1CCC2CC1(C#N)OC2=O. The first-order valence-electron chi connectivity index (χ1n) is 5.18. The van der Waals surface area contributed by atoms with Gasteiger partial charge in [-0.3, -0.25) is 9.59 Å². The minimum absolute atomic E-state index is 0.184. The third kappa shape index (κ3) is 1.47. The summed E-state index contributed by atoms with van der Waals surface area (Å²) in [5, 5.41) is 11.8. The maximum atomic E-state index is 11.4. The molecule has 2 bridgehead atoms. The first kappa shape index (κ1) is 10.7. The lowest BCUT2D eigenvalue weighted by Gasteiger charge is -2.32. The number of fused-ring (bicyclic) bond motifs is 2. The van der Waals surface area contributed by atoms with Crippen molar-refractivity contribution in [3.8, 4) is 6.07 Å². The molecule has 5 nitrogen and oxygen atoms in total. The van der Waals surface area contributed by atoms with Gasteiger partial charge in [-0.2, -0.15) is 5.26 Å². The normalized spacial score (nSPS) is 36.1. The molecule has 0 radical (unpaired) electrons. The molecule has 2 fully saturated rings. The third-order valence-electron chi connectivity index (χ3n) is 3.22. The lowest BCUT2D eigenvalue weighted by molar-refractivity contribution is -0.147. The summed E-state index contributed by atoms with van der Waals surface area (Å²) in [7, 11) is 0. The minimum atomic E-state index is -1.17. The fourth-order valence-electron chi connectivity index (χ4n) is 2.35. The van der Waals surface area contributed by atoms with Crippen molar-refractivity contribution < 1.29 is 14.3 Å². The van der Waals surface area contributed by atoms with Gasteiger partial charge < -0.3 is 10.1 Å². The Morgan fingerprint density at radius 1 is 1.69 bits per heavy atom. The van der Waals surface area contributed by atoms with Gasteiger partial charge in [-0.25, -0.2) is 0 Å². The Kier molecular flexibility index (Phi) is 2.43. The molecule has 0 aromatic carbocycles. The summed E-state index contributed by atoms with van der Waals surface area (Å²) in [4.78, 5) is 22.6. The van der Waals surface area contributed by atoms with Crippen molar-refractivity contribution in [2.75, 3.05) is 0 Å². The van der Waals surface area contributed by atoms with Gasteiger partial charge >= 0.3 is 5.97 Å². The summed E-state index contributed by atoms with van der Waals surface area (Å²) in [5.41, 5.74) is -1.17. The predicted octanol–water partition coefficient (Wildman–Crippen LogP) is 0.276. The predicted molar refractivity (Wildman–Crippen MR) is 53.9 cm³/mol. The Hall–Kier alpha value is -1.83. The van der Waals surface area contributed by atoms with Crippen molar-refractivity contribution in [2.24, 2.45) is 5.92 Å². The summed E-state index contributed by atoms with van der Waals surface area (Å²) in [6.07, 6.45) is 2.77. The lowest BCUT2D eigenvalue weighted by atomic mass is 9.78. The van der Waals surface area contributed by atoms with Gasteiger partial charge in [0.1, 0.15) is 6.07 Å². The van der Waals surface area contributed by atoms with Gasteiger partial charge in [-0.1, -0.05) is 6.58 Å². The largest absolute Gasteiger partial charge is 0.441 e. The van der Waals surface area contributed by atoms with Crippen LogP contribution in [0.1, 0.15) is 19.3 Å². The van der Waals surface area contributed by atoms with Crippen molar-refractivity contribution in [2.45, 2.75) is 30.9 Å². The number of esters is 1. The molecule has 1 N–H and O–H groups in total. The number of amides is 1. The minimum Gasteiger partial charge on any atom is -0.441 e. The van der Waals surface area contributed by atoms with Crippen LogP contribution >= 0.6 is 0 Å². The molecule has 1 saturated carbocycles. The summed E-state index contributed by atoms with van der Waals surface area (Å²) in [6.45, 7) is 3.35. The summed E-state index contributed by atoms with van der Waals surface area (Å²) < 4.78 is 5.13. The number of nitriles is 1. The second-order valence-corrected chi connectivity index (χ2v) is 4.17. The van der Waals surface area contributed by atoms with E-state index in [9.17, 15) is 9.59 Å². The molecule has 0 aromatic heterocycles. The Bertz CT molecular complexity index is 399. The Labute approximate surface area is 93.1 Å². The molecular formula is C11H12N2O3. The molecular weight excluding hydrogens is 208 g/mol. The average Bonchev–Trinajstić information content (AvgIpc) is 2.56. The highest BCUT2D eigenvalue weighted by atomic mass is 16.6. The molecule has 3 unspecified atom stereocenters. The van der Waals surface area contributed by atoms with E-state index in [0.29, 0.717) is 19.3 Å². The number of carbonyl (C=O) groups is 2. The smallest absolute Gasteiger partial charge is 0.310 e. The zero-order valence-electron chi connectivity index (χ0n) is 8.73. The molecule has 1 heterocycles. The molecule has 1 aliphatic carbocycles. The van der Waals surface area contributed by atoms with E-state index in [4.69, 9.17) is 10.00 Å². The number of nitrogens with one attached hydrogen (secondary N) is 1. The zero-order valence-corrected chi connectivity index (χ0v) is 8.73. The van der Waals surface area contributed by atoms with E-state index in [-0.39, 0.29) is 17.8 Å². The van der Waals surface area contributed by atoms with Crippen LogP contribution in [-0.4, -0.2) is 23.5 Å². The van der Waals surface area contributed by atoms with Crippen LogP contribution in [0.15, 0.2) is 12.7 Å². The maximum absolute atomic E-state index is 11.4. The highest BCUT2D eigenvalue weighted by Gasteiger charge is 2.56. The maximum Gasteiger partial charge on any atom is 0.310 e. The lowest BCUT2D eigenvalue weighted by Crippen LogP contribution is -2.52. The van der Waals surface area contributed by atoms with Gasteiger partial charge in [-0.15, -0.1) is 0 Å². The fraction of sp³-hybridized carbons (Fsp3) is 0.545. The molecule has 5 heteroatoms. The molecule has 84 valence electrons. The van der Waals surface area contributed by atoms with E-state index >= 15 is 0 Å². The first-order valence-corrected chi connectivity index (χ1v) is 5.18. The van der Waals surface area contributed by atoms with Gasteiger partial charge in [0.05, 0.1) is 12.0 Å². The van der Waals surface area contributed by atoms with Gasteiger partial charge in [0.25, 0.3) is 0 Å². The van der Waals surface area contributed by atoms with Crippen LogP contribution in [0.25, 0.3) is 0 Å². The van der Waals surface area contributed by atoms with Crippen LogP contribution in [-0.2, 0) is 14.3 Å². The van der Waals surface area contributed by atoms with Crippen molar-refractivity contribution in [1.29, 1.82) is 5.26 Å². The Morgan fingerprint density at radius 3 is 3.06 bits per heavy atom. The number of rotatable bonds is 2. The van der Waals surface area contributed by atoms with Crippen molar-refractivity contribution in [3.05, 3.63) is 12.7 Å². The van der Waals surface area contributed by atoms with Crippen LogP contribution in [0, 0.1) is 17.2 Å². The second-order valence-electron chi connectivity index (χ2n) is 4.17. The molecule has 1 amide bonds. The van der Waals surface area contributed by atoms with Crippen LogP contribution < -0.4 is 5.32 Å². The number of hydrogen-bond donors (Lipinski definition) is 1. The second kappa shape index (κ2) is 3.63. The quantitative estimate of drug-likeness (QED) is 0.535. The van der Waals surface area contributed by atoms with Gasteiger partial charge in [-0.05, 0) is 18.9 Å². The van der Waals surface area contributed by atoms with Crippen molar-refractivity contribution >= 4 is 11.9 Å². The third-order valence-corrected chi connectivity index (χ3v) is 3.22. The van der Waals surface area contributed by atoms with Gasteiger partial charge in [0, 0.05) is 6.42 Å². The van der Waals surface area contributed by atoms with E-state index in [1.165, 1.54) is 0 Å². The molecule has 16 heavy (non-hydrogen) atoms.